The smallest absolute Gasteiger partial charge is 0.323 e. The van der Waals surface area contributed by atoms with Crippen molar-refractivity contribution < 1.29 is 8.42 Å². The lowest BCUT2D eigenvalue weighted by atomic mass is 10.2. The largest absolute Gasteiger partial charge is 0.347 e. The number of para-hydroxylation sites is 1. The average molecular weight is 449 g/mol. The molecule has 0 fully saturated rings. The standard InChI is InChI=1S/C18H17BrN4O3S/c19-13-10-14-15(22-18(24)21-14)11-17(13)27(25,26)20-7-3-8-23-9-6-12-4-1-2-5-16(12)23/h1-2,4-6,9-11,20H,3,7-8H2,(H2,21,22,24). The van der Waals surface area contributed by atoms with Gasteiger partial charge in [0.2, 0.25) is 10.0 Å². The van der Waals surface area contributed by atoms with Gasteiger partial charge in [-0.2, -0.15) is 0 Å². The van der Waals surface area contributed by atoms with Crippen molar-refractivity contribution in [2.75, 3.05) is 6.54 Å². The summed E-state index contributed by atoms with van der Waals surface area (Å²) in [6, 6.07) is 13.1. The Morgan fingerprint density at radius 1 is 1.07 bits per heavy atom. The molecule has 0 aliphatic heterocycles. The molecule has 0 saturated heterocycles. The van der Waals surface area contributed by atoms with Crippen LogP contribution < -0.4 is 10.4 Å². The summed E-state index contributed by atoms with van der Waals surface area (Å²) in [7, 11) is -3.70. The van der Waals surface area contributed by atoms with E-state index >= 15 is 0 Å². The van der Waals surface area contributed by atoms with Crippen LogP contribution in [0.4, 0.5) is 0 Å². The van der Waals surface area contributed by atoms with Crippen LogP contribution in [0.25, 0.3) is 21.9 Å². The van der Waals surface area contributed by atoms with Crippen molar-refractivity contribution in [3.63, 3.8) is 0 Å². The van der Waals surface area contributed by atoms with E-state index in [1.54, 1.807) is 6.07 Å². The highest BCUT2D eigenvalue weighted by Gasteiger charge is 2.19. The van der Waals surface area contributed by atoms with Gasteiger partial charge in [-0.3, -0.25) is 0 Å². The number of aryl methyl sites for hydroxylation is 1. The van der Waals surface area contributed by atoms with Gasteiger partial charge in [-0.15, -0.1) is 0 Å². The molecule has 4 rings (SSSR count). The number of H-pyrrole nitrogens is 2. The van der Waals surface area contributed by atoms with Crippen molar-refractivity contribution in [1.82, 2.24) is 19.3 Å². The lowest BCUT2D eigenvalue weighted by Gasteiger charge is -2.10. The maximum Gasteiger partial charge on any atom is 0.323 e. The number of nitrogens with zero attached hydrogens (tertiary/aromatic N) is 1. The average Bonchev–Trinajstić information content (AvgIpc) is 3.20. The molecule has 4 aromatic rings. The molecule has 0 bridgehead atoms. The van der Waals surface area contributed by atoms with Gasteiger partial charge in [0.1, 0.15) is 0 Å². The fourth-order valence-electron chi connectivity index (χ4n) is 3.11. The monoisotopic (exact) mass is 448 g/mol. The van der Waals surface area contributed by atoms with Gasteiger partial charge < -0.3 is 14.5 Å². The molecule has 7 nitrogen and oxygen atoms in total. The second-order valence-corrected chi connectivity index (χ2v) is 8.82. The number of benzene rings is 2. The van der Waals surface area contributed by atoms with Crippen LogP contribution in [0.15, 0.2) is 62.8 Å². The Morgan fingerprint density at radius 2 is 1.81 bits per heavy atom. The van der Waals surface area contributed by atoms with Gasteiger partial charge in [-0.25, -0.2) is 17.9 Å². The highest BCUT2D eigenvalue weighted by atomic mass is 79.9. The Bertz CT molecular complexity index is 1290. The number of imidazole rings is 1. The minimum atomic E-state index is -3.70. The molecule has 140 valence electrons. The van der Waals surface area contributed by atoms with Gasteiger partial charge in [-0.1, -0.05) is 18.2 Å². The minimum Gasteiger partial charge on any atom is -0.347 e. The molecule has 2 aromatic carbocycles. The van der Waals surface area contributed by atoms with Gasteiger partial charge in [0, 0.05) is 29.3 Å². The summed E-state index contributed by atoms with van der Waals surface area (Å²) in [5, 5.41) is 1.16. The Morgan fingerprint density at radius 3 is 2.63 bits per heavy atom. The molecule has 0 aliphatic carbocycles. The predicted molar refractivity (Wildman–Crippen MR) is 108 cm³/mol. The molecule has 0 spiro atoms. The van der Waals surface area contributed by atoms with Crippen LogP contribution in [0.1, 0.15) is 6.42 Å². The van der Waals surface area contributed by atoms with E-state index in [1.165, 1.54) is 6.07 Å². The second kappa shape index (κ2) is 6.99. The van der Waals surface area contributed by atoms with Crippen molar-refractivity contribution in [3.8, 4) is 0 Å². The topological polar surface area (TPSA) is 99.8 Å². The number of aromatic amines is 2. The Kier molecular flexibility index (Phi) is 4.67. The Labute approximate surface area is 163 Å². The Hall–Kier alpha value is -2.36. The van der Waals surface area contributed by atoms with Crippen molar-refractivity contribution in [2.45, 2.75) is 17.9 Å². The normalized spacial score (nSPS) is 12.2. The van der Waals surface area contributed by atoms with Crippen LogP contribution in [0.5, 0.6) is 0 Å². The molecule has 0 aliphatic rings. The van der Waals surface area contributed by atoms with Gasteiger partial charge in [0.05, 0.1) is 15.9 Å². The molecule has 9 heteroatoms. The van der Waals surface area contributed by atoms with Crippen molar-refractivity contribution >= 4 is 47.9 Å². The second-order valence-electron chi connectivity index (χ2n) is 6.23. The first-order chi connectivity index (χ1) is 12.9. The summed E-state index contributed by atoms with van der Waals surface area (Å²) in [6.45, 7) is 1.02. The van der Waals surface area contributed by atoms with E-state index in [2.05, 4.69) is 35.2 Å². The highest BCUT2D eigenvalue weighted by molar-refractivity contribution is 9.10. The number of aromatic nitrogens is 3. The minimum absolute atomic E-state index is 0.0941. The fraction of sp³-hybridized carbons (Fsp3) is 0.167. The summed E-state index contributed by atoms with van der Waals surface area (Å²) >= 11 is 3.27. The van der Waals surface area contributed by atoms with Crippen LogP contribution in [0.3, 0.4) is 0 Å². The number of rotatable bonds is 6. The summed E-state index contributed by atoms with van der Waals surface area (Å²) < 4.78 is 30.4. The van der Waals surface area contributed by atoms with Gasteiger partial charge in [0.25, 0.3) is 0 Å². The van der Waals surface area contributed by atoms with E-state index in [-0.39, 0.29) is 10.6 Å². The number of sulfonamides is 1. The number of hydrogen-bond donors (Lipinski definition) is 3. The third-order valence-corrected chi connectivity index (χ3v) is 6.83. The molecule has 2 heterocycles. The molecule has 0 atom stereocenters. The molecular formula is C18H17BrN4O3S. The first-order valence-corrected chi connectivity index (χ1v) is 10.7. The van der Waals surface area contributed by atoms with Crippen molar-refractivity contribution in [3.05, 3.63) is 63.6 Å². The molecule has 3 N–H and O–H groups in total. The molecule has 0 radical (unpaired) electrons. The third kappa shape index (κ3) is 3.58. The van der Waals surface area contributed by atoms with Crippen molar-refractivity contribution in [2.24, 2.45) is 0 Å². The molecular weight excluding hydrogens is 432 g/mol. The first kappa shape index (κ1) is 18.0. The van der Waals surface area contributed by atoms with E-state index in [4.69, 9.17) is 0 Å². The lowest BCUT2D eigenvalue weighted by molar-refractivity contribution is 0.571. The van der Waals surface area contributed by atoms with Crippen LogP contribution in [0.2, 0.25) is 0 Å². The number of hydrogen-bond acceptors (Lipinski definition) is 3. The fourth-order valence-corrected chi connectivity index (χ4v) is 5.25. The summed E-state index contributed by atoms with van der Waals surface area (Å²) in [5.41, 5.74) is 1.75. The van der Waals surface area contributed by atoms with E-state index in [1.807, 2.05) is 36.5 Å². The lowest BCUT2D eigenvalue weighted by Crippen LogP contribution is -2.26. The summed E-state index contributed by atoms with van der Waals surface area (Å²) in [4.78, 5) is 16.7. The molecule has 0 unspecified atom stereocenters. The number of nitrogens with one attached hydrogen (secondary N) is 3. The maximum absolute atomic E-state index is 12.6. The van der Waals surface area contributed by atoms with E-state index < -0.39 is 10.0 Å². The summed E-state index contributed by atoms with van der Waals surface area (Å²) in [6.07, 6.45) is 2.66. The Balaban J connectivity index is 1.46. The first-order valence-electron chi connectivity index (χ1n) is 8.39. The van der Waals surface area contributed by atoms with Gasteiger partial charge in [-0.05, 0) is 52.0 Å². The highest BCUT2D eigenvalue weighted by Crippen LogP contribution is 2.25. The zero-order chi connectivity index (χ0) is 19.0. The number of fused-ring (bicyclic) bond motifs is 2. The van der Waals surface area contributed by atoms with Crippen LogP contribution in [0, 0.1) is 0 Å². The van der Waals surface area contributed by atoms with Crippen LogP contribution >= 0.6 is 15.9 Å². The zero-order valence-electron chi connectivity index (χ0n) is 14.2. The molecule has 27 heavy (non-hydrogen) atoms. The van der Waals surface area contributed by atoms with Crippen LogP contribution in [-0.2, 0) is 16.6 Å². The van der Waals surface area contributed by atoms with E-state index in [9.17, 15) is 13.2 Å². The maximum atomic E-state index is 12.6. The number of halogens is 1. The van der Waals surface area contributed by atoms with Crippen molar-refractivity contribution in [1.29, 1.82) is 0 Å². The molecule has 2 aromatic heterocycles. The van der Waals surface area contributed by atoms with E-state index in [0.717, 1.165) is 10.9 Å². The van der Waals surface area contributed by atoms with Crippen LogP contribution in [-0.4, -0.2) is 29.5 Å². The zero-order valence-corrected chi connectivity index (χ0v) is 16.6. The van der Waals surface area contributed by atoms with E-state index in [0.29, 0.717) is 35.0 Å². The van der Waals surface area contributed by atoms with Gasteiger partial charge in [0.15, 0.2) is 0 Å². The predicted octanol–water partition coefficient (Wildman–Crippen LogP) is 2.94. The SMILES string of the molecule is O=c1[nH]c2cc(Br)c(S(=O)(=O)NCCCn3ccc4ccccc43)cc2[nH]1. The third-order valence-electron chi connectivity index (χ3n) is 4.41. The summed E-state index contributed by atoms with van der Waals surface area (Å²) in [5.74, 6) is 0. The molecule has 0 amide bonds. The van der Waals surface area contributed by atoms with Gasteiger partial charge >= 0.3 is 5.69 Å². The quantitative estimate of drug-likeness (QED) is 0.395. The molecule has 0 saturated carbocycles.